The van der Waals surface area contributed by atoms with Crippen LogP contribution in [0.1, 0.15) is 51.7 Å². The maximum Gasteiger partial charge on any atom is 0.264 e. The van der Waals surface area contributed by atoms with Gasteiger partial charge in [0.2, 0.25) is 5.91 Å². The van der Waals surface area contributed by atoms with Crippen molar-refractivity contribution in [3.8, 4) is 11.5 Å². The highest BCUT2D eigenvalue weighted by atomic mass is 16.5. The van der Waals surface area contributed by atoms with Crippen molar-refractivity contribution in [3.63, 3.8) is 0 Å². The lowest BCUT2D eigenvalue weighted by Crippen LogP contribution is -2.49. The van der Waals surface area contributed by atoms with Crippen LogP contribution in [0, 0.1) is 17.8 Å². The molecule has 2 heterocycles. The molecule has 4 aliphatic rings. The van der Waals surface area contributed by atoms with Gasteiger partial charge in [0.25, 0.3) is 11.8 Å². The second-order valence-electron chi connectivity index (χ2n) is 9.92. The summed E-state index contributed by atoms with van der Waals surface area (Å²) in [5, 5.41) is 3.08. The third-order valence-electron chi connectivity index (χ3n) is 8.04. The molecule has 8 heteroatoms. The van der Waals surface area contributed by atoms with Gasteiger partial charge in [0.05, 0.1) is 31.0 Å². The molecule has 1 N–H and O–H groups in total. The van der Waals surface area contributed by atoms with Gasteiger partial charge in [-0.15, -0.1) is 0 Å². The number of carbonyl (C=O) groups excluding carboxylic acids is 3. The van der Waals surface area contributed by atoms with Crippen LogP contribution in [-0.2, 0) is 4.79 Å². The standard InChI is InChI=1S/C28H29N3O5/c1-35-22-10-9-20-24(25(22)36-2)28(34)31-21-6-4-3-5-19(21)27(33)30(26(20)31)12-11-23(32)29-15-18-14-16-7-8-17(18)13-16/h3-10,16-18,26H,11-15H2,1-2H3,(H,29,32)/t16-,17-,18-,26+/m0/s1. The van der Waals surface area contributed by atoms with Gasteiger partial charge in [0, 0.05) is 25.1 Å². The highest BCUT2D eigenvalue weighted by Gasteiger charge is 2.49. The molecule has 0 radical (unpaired) electrons. The van der Waals surface area contributed by atoms with Gasteiger partial charge in [-0.25, -0.2) is 0 Å². The lowest BCUT2D eigenvalue weighted by Gasteiger charge is -2.40. The van der Waals surface area contributed by atoms with Gasteiger partial charge >= 0.3 is 0 Å². The summed E-state index contributed by atoms with van der Waals surface area (Å²) in [6, 6.07) is 10.6. The molecule has 1 fully saturated rings. The van der Waals surface area contributed by atoms with Gasteiger partial charge < -0.3 is 19.7 Å². The molecule has 0 aromatic heterocycles. The van der Waals surface area contributed by atoms with Gasteiger partial charge in [0.1, 0.15) is 6.17 Å². The molecule has 186 valence electrons. The molecule has 6 rings (SSSR count). The van der Waals surface area contributed by atoms with Crippen molar-refractivity contribution in [1.29, 1.82) is 0 Å². The van der Waals surface area contributed by atoms with Crippen LogP contribution in [0.15, 0.2) is 48.6 Å². The molecule has 4 atom stereocenters. The van der Waals surface area contributed by atoms with Crippen LogP contribution >= 0.6 is 0 Å². The first-order valence-electron chi connectivity index (χ1n) is 12.4. The number of anilines is 1. The van der Waals surface area contributed by atoms with E-state index < -0.39 is 6.17 Å². The SMILES string of the molecule is COc1ccc2c(c1OC)C(=O)N1c3ccccc3C(=O)N(CCC(=O)NC[C@@H]3C[C@H]4C=C[C@H]3C4)[C@@H]21. The van der Waals surface area contributed by atoms with Crippen molar-refractivity contribution in [2.75, 3.05) is 32.2 Å². The molecular formula is C28H29N3O5. The van der Waals surface area contributed by atoms with E-state index in [0.717, 1.165) is 6.42 Å². The number of nitrogens with one attached hydrogen (secondary N) is 1. The molecule has 0 unspecified atom stereocenters. The van der Waals surface area contributed by atoms with Crippen molar-refractivity contribution >= 4 is 23.4 Å². The van der Waals surface area contributed by atoms with E-state index in [-0.39, 0.29) is 30.7 Å². The summed E-state index contributed by atoms with van der Waals surface area (Å²) in [5.74, 6) is 1.96. The fourth-order valence-corrected chi connectivity index (χ4v) is 6.34. The van der Waals surface area contributed by atoms with Crippen LogP contribution in [0.2, 0.25) is 0 Å². The van der Waals surface area contributed by atoms with Gasteiger partial charge in [-0.1, -0.05) is 30.4 Å². The maximum atomic E-state index is 13.7. The van der Waals surface area contributed by atoms with E-state index in [4.69, 9.17) is 9.47 Å². The topological polar surface area (TPSA) is 88.2 Å². The molecule has 3 amide bonds. The Balaban J connectivity index is 1.27. The number of hydrogen-bond donors (Lipinski definition) is 1. The van der Waals surface area contributed by atoms with Gasteiger partial charge in [-0.2, -0.15) is 0 Å². The number of hydrogen-bond acceptors (Lipinski definition) is 5. The van der Waals surface area contributed by atoms with Crippen molar-refractivity contribution in [2.24, 2.45) is 17.8 Å². The molecule has 0 saturated heterocycles. The number of rotatable bonds is 7. The van der Waals surface area contributed by atoms with Crippen LogP contribution in [0.25, 0.3) is 0 Å². The zero-order valence-electron chi connectivity index (χ0n) is 20.4. The molecule has 2 aromatic carbocycles. The first-order chi connectivity index (χ1) is 17.5. The van der Waals surface area contributed by atoms with Crippen LogP contribution in [-0.4, -0.2) is 49.9 Å². The lowest BCUT2D eigenvalue weighted by atomic mass is 9.93. The Morgan fingerprint density at radius 3 is 2.58 bits per heavy atom. The highest BCUT2D eigenvalue weighted by Crippen LogP contribution is 2.49. The predicted molar refractivity (Wildman–Crippen MR) is 133 cm³/mol. The average Bonchev–Trinajstić information content (AvgIpc) is 3.60. The van der Waals surface area contributed by atoms with Gasteiger partial charge in [-0.05, 0) is 48.8 Å². The first-order valence-corrected chi connectivity index (χ1v) is 12.4. The number of ether oxygens (including phenoxy) is 2. The number of methoxy groups -OCH3 is 2. The molecule has 2 aliphatic heterocycles. The van der Waals surface area contributed by atoms with Crippen LogP contribution in [0.4, 0.5) is 5.69 Å². The number of allylic oxidation sites excluding steroid dienone is 2. The molecular weight excluding hydrogens is 458 g/mol. The van der Waals surface area contributed by atoms with E-state index >= 15 is 0 Å². The summed E-state index contributed by atoms with van der Waals surface area (Å²) in [6.07, 6.45) is 6.40. The van der Waals surface area contributed by atoms with E-state index in [9.17, 15) is 14.4 Å². The van der Waals surface area contributed by atoms with Crippen molar-refractivity contribution < 1.29 is 23.9 Å². The third-order valence-corrected chi connectivity index (χ3v) is 8.04. The quantitative estimate of drug-likeness (QED) is 0.604. The smallest absolute Gasteiger partial charge is 0.264 e. The number of nitrogens with zero attached hydrogens (tertiary/aromatic N) is 2. The number of benzene rings is 2. The number of para-hydroxylation sites is 1. The largest absolute Gasteiger partial charge is 0.493 e. The van der Waals surface area contributed by atoms with E-state index in [0.29, 0.717) is 58.2 Å². The monoisotopic (exact) mass is 487 g/mol. The highest BCUT2D eigenvalue weighted by molar-refractivity contribution is 6.18. The van der Waals surface area contributed by atoms with Crippen molar-refractivity contribution in [3.05, 3.63) is 65.2 Å². The van der Waals surface area contributed by atoms with Crippen LogP contribution in [0.5, 0.6) is 11.5 Å². The Hall–Kier alpha value is -3.81. The second kappa shape index (κ2) is 8.69. The second-order valence-corrected chi connectivity index (χ2v) is 9.92. The summed E-state index contributed by atoms with van der Waals surface area (Å²) >= 11 is 0. The maximum absolute atomic E-state index is 13.7. The molecule has 1 saturated carbocycles. The third kappa shape index (κ3) is 3.38. The summed E-state index contributed by atoms with van der Waals surface area (Å²) in [5.41, 5.74) is 2.04. The minimum Gasteiger partial charge on any atom is -0.493 e. The fourth-order valence-electron chi connectivity index (χ4n) is 6.34. The lowest BCUT2D eigenvalue weighted by molar-refractivity contribution is -0.121. The van der Waals surface area contributed by atoms with Crippen LogP contribution in [0.3, 0.4) is 0 Å². The van der Waals surface area contributed by atoms with E-state index in [1.807, 2.05) is 6.07 Å². The fraction of sp³-hybridized carbons (Fsp3) is 0.393. The van der Waals surface area contributed by atoms with Crippen molar-refractivity contribution in [1.82, 2.24) is 10.2 Å². The Bertz CT molecular complexity index is 1290. The Kier molecular flexibility index (Phi) is 5.47. The van der Waals surface area contributed by atoms with Gasteiger partial charge in [-0.3, -0.25) is 19.3 Å². The number of fused-ring (bicyclic) bond motifs is 7. The minimum absolute atomic E-state index is 0.0863. The minimum atomic E-state index is -0.654. The Morgan fingerprint density at radius 1 is 1.03 bits per heavy atom. The molecule has 2 bridgehead atoms. The summed E-state index contributed by atoms with van der Waals surface area (Å²) in [6.45, 7) is 0.854. The molecule has 0 spiro atoms. The number of amides is 3. The zero-order chi connectivity index (χ0) is 25.0. The molecule has 36 heavy (non-hydrogen) atoms. The zero-order valence-corrected chi connectivity index (χ0v) is 20.4. The first kappa shape index (κ1) is 22.6. The Labute approximate surface area is 209 Å². The van der Waals surface area contributed by atoms with Crippen molar-refractivity contribution in [2.45, 2.75) is 25.4 Å². The Morgan fingerprint density at radius 2 is 1.86 bits per heavy atom. The van der Waals surface area contributed by atoms with Gasteiger partial charge in [0.15, 0.2) is 11.5 Å². The van der Waals surface area contributed by atoms with Crippen LogP contribution < -0.4 is 19.7 Å². The summed E-state index contributed by atoms with van der Waals surface area (Å²) in [4.78, 5) is 43.4. The number of carbonyl (C=O) groups is 3. The average molecular weight is 488 g/mol. The normalized spacial score (nSPS) is 25.1. The molecule has 2 aliphatic carbocycles. The summed E-state index contributed by atoms with van der Waals surface area (Å²) < 4.78 is 11.0. The van der Waals surface area contributed by atoms with E-state index in [2.05, 4.69) is 17.5 Å². The molecule has 2 aromatic rings. The predicted octanol–water partition coefficient (Wildman–Crippen LogP) is 3.54. The van der Waals surface area contributed by atoms with E-state index in [1.165, 1.54) is 20.6 Å². The summed E-state index contributed by atoms with van der Waals surface area (Å²) in [7, 11) is 3.02. The molecule has 8 nitrogen and oxygen atoms in total. The van der Waals surface area contributed by atoms with E-state index in [1.54, 1.807) is 40.1 Å².